The first kappa shape index (κ1) is 17.3. The molecule has 1 saturated heterocycles. The van der Waals surface area contributed by atoms with Crippen LogP contribution < -0.4 is 4.90 Å². The monoisotopic (exact) mass is 400 g/mol. The minimum atomic E-state index is -0.238. The molecule has 0 aromatic heterocycles. The van der Waals surface area contributed by atoms with Gasteiger partial charge in [0.1, 0.15) is 4.32 Å². The lowest BCUT2D eigenvalue weighted by Gasteiger charge is -2.18. The average molecular weight is 401 g/mol. The molecule has 1 fully saturated rings. The van der Waals surface area contributed by atoms with Crippen molar-refractivity contribution in [3.63, 3.8) is 0 Å². The molecule has 4 rings (SSSR count). The lowest BCUT2D eigenvalue weighted by atomic mass is 10.1. The third-order valence-electron chi connectivity index (χ3n) is 4.40. The van der Waals surface area contributed by atoms with Gasteiger partial charge in [-0.05, 0) is 17.7 Å². The molecule has 4 nitrogen and oxygen atoms in total. The van der Waals surface area contributed by atoms with E-state index in [1.165, 1.54) is 16.7 Å². The van der Waals surface area contributed by atoms with Gasteiger partial charge >= 0.3 is 0 Å². The van der Waals surface area contributed by atoms with Gasteiger partial charge in [0.15, 0.2) is 0 Å². The molecular weight excluding hydrogens is 388 g/mol. The van der Waals surface area contributed by atoms with Gasteiger partial charge in [-0.2, -0.15) is 0 Å². The molecule has 2 aromatic rings. The predicted octanol–water partition coefficient (Wildman–Crippen LogP) is 4.09. The summed E-state index contributed by atoms with van der Waals surface area (Å²) in [4.78, 5) is 29.2. The van der Waals surface area contributed by atoms with Gasteiger partial charge < -0.3 is 4.90 Å². The molecule has 0 radical (unpaired) electrons. The van der Waals surface area contributed by atoms with Crippen molar-refractivity contribution in [2.75, 3.05) is 11.9 Å². The molecule has 2 aromatic carbocycles. The number of fused-ring (bicyclic) bond motifs is 1. The van der Waals surface area contributed by atoms with Gasteiger partial charge in [0, 0.05) is 17.6 Å². The fourth-order valence-corrected chi connectivity index (χ4v) is 4.49. The molecular formula is C19H13ClN2O2S2. The summed E-state index contributed by atoms with van der Waals surface area (Å²) in [6.45, 7) is 0.339. The van der Waals surface area contributed by atoms with Gasteiger partial charge in [0.05, 0.1) is 22.7 Å². The number of amides is 2. The SMILES string of the molecule is CN1C(=O)/C(=C2/C(=O)N(Cc3ccccc3Cl)c3ccccc32)SC1=S. The molecule has 2 aliphatic heterocycles. The van der Waals surface area contributed by atoms with Crippen LogP contribution in [0.25, 0.3) is 5.57 Å². The number of carbonyl (C=O) groups excluding carboxylic acids is 2. The van der Waals surface area contributed by atoms with Crippen LogP contribution in [0.3, 0.4) is 0 Å². The van der Waals surface area contributed by atoms with E-state index in [1.54, 1.807) is 18.0 Å². The lowest BCUT2D eigenvalue weighted by molar-refractivity contribution is -0.121. The van der Waals surface area contributed by atoms with Gasteiger partial charge in [-0.25, -0.2) is 0 Å². The largest absolute Gasteiger partial charge is 0.303 e. The fraction of sp³-hybridized carbons (Fsp3) is 0.105. The van der Waals surface area contributed by atoms with Crippen LogP contribution in [-0.2, 0) is 16.1 Å². The van der Waals surface area contributed by atoms with Gasteiger partial charge in [-0.1, -0.05) is 72.0 Å². The number of hydrogen-bond acceptors (Lipinski definition) is 4. The fourth-order valence-electron chi connectivity index (χ4n) is 3.05. The summed E-state index contributed by atoms with van der Waals surface area (Å²) in [5.41, 5.74) is 2.78. The van der Waals surface area contributed by atoms with Gasteiger partial charge in [-0.3, -0.25) is 14.5 Å². The van der Waals surface area contributed by atoms with Gasteiger partial charge in [0.25, 0.3) is 11.8 Å². The average Bonchev–Trinajstić information content (AvgIpc) is 3.05. The van der Waals surface area contributed by atoms with E-state index in [-0.39, 0.29) is 11.8 Å². The highest BCUT2D eigenvalue weighted by Gasteiger charge is 2.40. The first-order chi connectivity index (χ1) is 12.5. The number of para-hydroxylation sites is 1. The minimum Gasteiger partial charge on any atom is -0.303 e. The quantitative estimate of drug-likeness (QED) is 0.562. The van der Waals surface area contributed by atoms with Crippen molar-refractivity contribution in [1.82, 2.24) is 4.90 Å². The number of hydrogen-bond donors (Lipinski definition) is 0. The Labute approximate surface area is 165 Å². The number of thiocarbonyl (C=S) groups is 1. The molecule has 2 heterocycles. The van der Waals surface area contributed by atoms with Crippen molar-refractivity contribution in [2.24, 2.45) is 0 Å². The molecule has 0 unspecified atom stereocenters. The Balaban J connectivity index is 1.83. The maximum absolute atomic E-state index is 13.2. The first-order valence-corrected chi connectivity index (χ1v) is 9.48. The van der Waals surface area contributed by atoms with E-state index in [0.717, 1.165) is 16.8 Å². The highest BCUT2D eigenvalue weighted by molar-refractivity contribution is 8.26. The van der Waals surface area contributed by atoms with E-state index in [1.807, 2.05) is 42.5 Å². The number of nitrogens with zero attached hydrogens (tertiary/aromatic N) is 2. The van der Waals surface area contributed by atoms with Crippen LogP contribution >= 0.6 is 35.6 Å². The zero-order chi connectivity index (χ0) is 18.4. The Hall–Kier alpha value is -2.15. The molecule has 26 heavy (non-hydrogen) atoms. The Morgan fingerprint density at radius 1 is 1.04 bits per heavy atom. The smallest absolute Gasteiger partial charge is 0.266 e. The molecule has 2 amide bonds. The predicted molar refractivity (Wildman–Crippen MR) is 109 cm³/mol. The second-order valence-corrected chi connectivity index (χ2v) is 7.99. The summed E-state index contributed by atoms with van der Waals surface area (Å²) in [6, 6.07) is 14.9. The van der Waals surface area contributed by atoms with E-state index in [2.05, 4.69) is 0 Å². The van der Waals surface area contributed by atoms with Crippen LogP contribution in [0.15, 0.2) is 53.4 Å². The standard InChI is InChI=1S/C19H13ClN2O2S2/c1-21-18(24)16(26-19(21)25)15-12-7-3-5-9-14(12)22(17(15)23)10-11-6-2-4-8-13(11)20/h2-9H,10H2,1H3/b16-15-. The number of carbonyl (C=O) groups is 2. The molecule has 0 atom stereocenters. The second kappa shape index (κ2) is 6.54. The molecule has 0 bridgehead atoms. The summed E-state index contributed by atoms with van der Waals surface area (Å²) in [7, 11) is 1.62. The number of rotatable bonds is 2. The number of likely N-dealkylation sites (N-methyl/N-ethyl adjacent to an activating group) is 1. The Kier molecular flexibility index (Phi) is 4.34. The Morgan fingerprint density at radius 3 is 2.42 bits per heavy atom. The normalized spacial score (nSPS) is 19.5. The Morgan fingerprint density at radius 2 is 1.73 bits per heavy atom. The molecule has 7 heteroatoms. The van der Waals surface area contributed by atoms with Crippen LogP contribution in [0, 0.1) is 0 Å². The maximum Gasteiger partial charge on any atom is 0.266 e. The number of anilines is 1. The summed E-state index contributed by atoms with van der Waals surface area (Å²) in [6.07, 6.45) is 0. The third-order valence-corrected chi connectivity index (χ3v) is 6.32. The van der Waals surface area contributed by atoms with Crippen molar-refractivity contribution >= 4 is 63.0 Å². The number of thioether (sulfide) groups is 1. The van der Waals surface area contributed by atoms with Crippen LogP contribution in [0.2, 0.25) is 5.02 Å². The molecule has 130 valence electrons. The molecule has 2 aliphatic rings. The van der Waals surface area contributed by atoms with Crippen LogP contribution in [0.1, 0.15) is 11.1 Å². The van der Waals surface area contributed by atoms with Crippen molar-refractivity contribution < 1.29 is 9.59 Å². The summed E-state index contributed by atoms with van der Waals surface area (Å²) >= 11 is 12.7. The van der Waals surface area contributed by atoms with Gasteiger partial charge in [-0.15, -0.1) is 0 Å². The Bertz CT molecular complexity index is 1000. The lowest BCUT2D eigenvalue weighted by Crippen LogP contribution is -2.27. The maximum atomic E-state index is 13.2. The molecule has 0 saturated carbocycles. The van der Waals surface area contributed by atoms with E-state index < -0.39 is 0 Å². The zero-order valence-corrected chi connectivity index (χ0v) is 16.1. The second-order valence-electron chi connectivity index (χ2n) is 5.94. The van der Waals surface area contributed by atoms with E-state index in [4.69, 9.17) is 23.8 Å². The minimum absolute atomic E-state index is 0.208. The first-order valence-electron chi connectivity index (χ1n) is 7.88. The molecule has 0 N–H and O–H groups in total. The summed E-state index contributed by atoms with van der Waals surface area (Å²) in [5, 5.41) is 0.603. The van der Waals surface area contributed by atoms with Gasteiger partial charge in [0.2, 0.25) is 0 Å². The van der Waals surface area contributed by atoms with Crippen LogP contribution in [0.5, 0.6) is 0 Å². The molecule has 0 spiro atoms. The topological polar surface area (TPSA) is 40.6 Å². The molecule has 0 aliphatic carbocycles. The van der Waals surface area contributed by atoms with E-state index in [9.17, 15) is 9.59 Å². The number of benzene rings is 2. The van der Waals surface area contributed by atoms with Crippen molar-refractivity contribution in [3.05, 3.63) is 69.6 Å². The van der Waals surface area contributed by atoms with E-state index >= 15 is 0 Å². The highest BCUT2D eigenvalue weighted by Crippen LogP contribution is 2.44. The van der Waals surface area contributed by atoms with E-state index in [0.29, 0.717) is 26.4 Å². The van der Waals surface area contributed by atoms with Crippen molar-refractivity contribution in [3.8, 4) is 0 Å². The van der Waals surface area contributed by atoms with Crippen molar-refractivity contribution in [1.29, 1.82) is 0 Å². The zero-order valence-electron chi connectivity index (χ0n) is 13.7. The highest BCUT2D eigenvalue weighted by atomic mass is 35.5. The third kappa shape index (κ3) is 2.65. The summed E-state index contributed by atoms with van der Waals surface area (Å²) in [5.74, 6) is -0.446. The van der Waals surface area contributed by atoms with Crippen LogP contribution in [-0.4, -0.2) is 28.1 Å². The number of halogens is 1. The summed E-state index contributed by atoms with van der Waals surface area (Å²) < 4.78 is 0.451. The van der Waals surface area contributed by atoms with Crippen LogP contribution in [0.4, 0.5) is 5.69 Å². The van der Waals surface area contributed by atoms with Crippen molar-refractivity contribution in [2.45, 2.75) is 6.54 Å².